The fourth-order valence-electron chi connectivity index (χ4n) is 1.26. The summed E-state index contributed by atoms with van der Waals surface area (Å²) in [6, 6.07) is 4.65. The Morgan fingerprint density at radius 2 is 2.07 bits per heavy atom. The first-order valence-corrected chi connectivity index (χ1v) is 4.62. The number of hydrogen-bond acceptors (Lipinski definition) is 2. The summed E-state index contributed by atoms with van der Waals surface area (Å²) in [7, 11) is 0. The Morgan fingerprint density at radius 3 is 2.71 bits per heavy atom. The average molecular weight is 256 g/mol. The third kappa shape index (κ3) is 1.35. The van der Waals surface area contributed by atoms with Gasteiger partial charge in [-0.05, 0) is 28.1 Å². The Labute approximate surface area is 87.3 Å². The van der Waals surface area contributed by atoms with Crippen molar-refractivity contribution in [2.24, 2.45) is 0 Å². The molecule has 0 radical (unpaired) electrons. The van der Waals surface area contributed by atoms with Gasteiger partial charge < -0.3 is 15.2 Å². The monoisotopic (exact) mass is 255 g/mol. The molecule has 3 N–H and O–H groups in total. The molecule has 1 heterocycles. The number of carbonyl (C=O) groups is 1. The molecular weight excluding hydrogens is 250 g/mol. The predicted octanol–water partition coefficient (Wildman–Crippen LogP) is 2.33. The molecule has 0 unspecified atom stereocenters. The normalized spacial score (nSPS) is 10.6. The number of carboxylic acid groups (broad SMARTS) is 1. The number of rotatable bonds is 1. The van der Waals surface area contributed by atoms with Crippen molar-refractivity contribution in [3.05, 3.63) is 28.4 Å². The highest BCUT2D eigenvalue weighted by atomic mass is 79.9. The number of halogens is 1. The summed E-state index contributed by atoms with van der Waals surface area (Å²) in [5.41, 5.74) is 0.709. The van der Waals surface area contributed by atoms with Crippen LogP contribution in [0.3, 0.4) is 0 Å². The molecule has 1 aromatic heterocycles. The molecule has 14 heavy (non-hydrogen) atoms. The van der Waals surface area contributed by atoms with E-state index in [1.165, 1.54) is 12.1 Å². The lowest BCUT2D eigenvalue weighted by Crippen LogP contribution is -1.94. The predicted molar refractivity (Wildman–Crippen MR) is 54.6 cm³/mol. The van der Waals surface area contributed by atoms with E-state index in [9.17, 15) is 9.90 Å². The van der Waals surface area contributed by atoms with Crippen LogP contribution in [-0.2, 0) is 0 Å². The Hall–Kier alpha value is -1.49. The molecule has 2 aromatic rings. The molecule has 72 valence electrons. The molecule has 0 bridgehead atoms. The minimum absolute atomic E-state index is 0.0799. The lowest BCUT2D eigenvalue weighted by molar-refractivity contribution is 0.0691. The van der Waals surface area contributed by atoms with E-state index in [0.29, 0.717) is 9.99 Å². The molecule has 0 spiro atoms. The summed E-state index contributed by atoms with van der Waals surface area (Å²) in [6.07, 6.45) is 0. The minimum atomic E-state index is -1.02. The average Bonchev–Trinajstić information content (AvgIpc) is 2.48. The number of fused-ring (bicyclic) bond motifs is 1. The molecule has 0 atom stereocenters. The van der Waals surface area contributed by atoms with Crippen molar-refractivity contribution in [1.29, 1.82) is 0 Å². The van der Waals surface area contributed by atoms with Gasteiger partial charge in [0, 0.05) is 17.0 Å². The Morgan fingerprint density at radius 1 is 1.36 bits per heavy atom. The summed E-state index contributed by atoms with van der Waals surface area (Å²) in [5, 5.41) is 18.8. The third-order valence-electron chi connectivity index (χ3n) is 1.92. The number of hydrogen-bond donors (Lipinski definition) is 3. The zero-order valence-corrected chi connectivity index (χ0v) is 8.50. The zero-order valence-electron chi connectivity index (χ0n) is 6.91. The van der Waals surface area contributed by atoms with Crippen LogP contribution in [0.2, 0.25) is 0 Å². The van der Waals surface area contributed by atoms with Crippen LogP contribution in [0.4, 0.5) is 0 Å². The molecule has 0 aliphatic rings. The number of aromatic nitrogens is 1. The topological polar surface area (TPSA) is 73.3 Å². The van der Waals surface area contributed by atoms with E-state index in [1.807, 2.05) is 0 Å². The number of phenols is 1. The molecule has 0 fully saturated rings. The van der Waals surface area contributed by atoms with Crippen LogP contribution in [0.5, 0.6) is 5.75 Å². The molecule has 0 saturated carbocycles. The maximum absolute atomic E-state index is 10.6. The van der Waals surface area contributed by atoms with Gasteiger partial charge >= 0.3 is 5.97 Å². The lowest BCUT2D eigenvalue weighted by Gasteiger charge is -1.95. The van der Waals surface area contributed by atoms with Gasteiger partial charge in [0.05, 0.1) is 4.47 Å². The van der Waals surface area contributed by atoms with Crippen LogP contribution in [-0.4, -0.2) is 21.2 Å². The second kappa shape index (κ2) is 3.02. The number of H-pyrrole nitrogens is 1. The van der Waals surface area contributed by atoms with Gasteiger partial charge in [-0.25, -0.2) is 4.79 Å². The first-order valence-electron chi connectivity index (χ1n) is 3.82. The highest BCUT2D eigenvalue weighted by Crippen LogP contribution is 2.29. The van der Waals surface area contributed by atoms with Crippen molar-refractivity contribution in [2.45, 2.75) is 0 Å². The zero-order chi connectivity index (χ0) is 10.3. The molecule has 0 aliphatic heterocycles. The van der Waals surface area contributed by atoms with Crippen LogP contribution < -0.4 is 0 Å². The largest absolute Gasteiger partial charge is 0.507 e. The Kier molecular flexibility index (Phi) is 1.96. The minimum Gasteiger partial charge on any atom is -0.507 e. The Balaban J connectivity index is 2.72. The van der Waals surface area contributed by atoms with Crippen LogP contribution in [0.1, 0.15) is 10.5 Å². The SMILES string of the molecule is O=C(O)c1cc2cc(Br)c(O)cc2[nH]1. The van der Waals surface area contributed by atoms with Gasteiger partial charge in [-0.2, -0.15) is 0 Å². The summed E-state index contributed by atoms with van der Waals surface area (Å²) in [4.78, 5) is 13.3. The molecule has 0 aliphatic carbocycles. The van der Waals surface area contributed by atoms with E-state index < -0.39 is 5.97 Å². The van der Waals surface area contributed by atoms with E-state index in [0.717, 1.165) is 5.39 Å². The fraction of sp³-hybridized carbons (Fsp3) is 0. The number of aromatic hydroxyl groups is 1. The molecule has 0 amide bonds. The first-order chi connectivity index (χ1) is 6.58. The van der Waals surface area contributed by atoms with Gasteiger partial charge in [0.1, 0.15) is 11.4 Å². The van der Waals surface area contributed by atoms with Gasteiger partial charge in [-0.3, -0.25) is 0 Å². The second-order valence-corrected chi connectivity index (χ2v) is 3.73. The lowest BCUT2D eigenvalue weighted by atomic mass is 10.2. The van der Waals surface area contributed by atoms with E-state index in [4.69, 9.17) is 5.11 Å². The number of phenolic OH excluding ortho intramolecular Hbond substituents is 1. The van der Waals surface area contributed by atoms with Crippen molar-refractivity contribution in [1.82, 2.24) is 4.98 Å². The second-order valence-electron chi connectivity index (χ2n) is 2.88. The van der Waals surface area contributed by atoms with Gasteiger partial charge in [0.2, 0.25) is 0 Å². The number of benzene rings is 1. The van der Waals surface area contributed by atoms with Crippen molar-refractivity contribution < 1.29 is 15.0 Å². The Bertz CT molecular complexity index is 479. The van der Waals surface area contributed by atoms with Crippen molar-refractivity contribution >= 4 is 32.8 Å². The molecular formula is C9H6BrNO3. The van der Waals surface area contributed by atoms with E-state index >= 15 is 0 Å². The van der Waals surface area contributed by atoms with Crippen LogP contribution >= 0.6 is 15.9 Å². The van der Waals surface area contributed by atoms with Crippen LogP contribution in [0.25, 0.3) is 10.9 Å². The molecule has 2 rings (SSSR count). The molecule has 5 heteroatoms. The molecule has 4 nitrogen and oxygen atoms in total. The highest BCUT2D eigenvalue weighted by molar-refractivity contribution is 9.10. The maximum Gasteiger partial charge on any atom is 0.352 e. The molecule has 0 saturated heterocycles. The highest BCUT2D eigenvalue weighted by Gasteiger charge is 2.09. The van der Waals surface area contributed by atoms with E-state index in [2.05, 4.69) is 20.9 Å². The van der Waals surface area contributed by atoms with Gasteiger partial charge in [0.15, 0.2) is 0 Å². The maximum atomic E-state index is 10.6. The molecule has 1 aromatic carbocycles. The van der Waals surface area contributed by atoms with Crippen LogP contribution in [0, 0.1) is 0 Å². The van der Waals surface area contributed by atoms with Crippen molar-refractivity contribution in [3.63, 3.8) is 0 Å². The van der Waals surface area contributed by atoms with Gasteiger partial charge in [0.25, 0.3) is 0 Å². The number of nitrogens with one attached hydrogen (secondary N) is 1. The summed E-state index contributed by atoms with van der Waals surface area (Å²) in [5.74, 6) is -0.937. The standard InChI is InChI=1S/C9H6BrNO3/c10-5-1-4-2-7(9(13)14)11-6(4)3-8(5)12/h1-3,11-12H,(H,13,14). The summed E-state index contributed by atoms with van der Waals surface area (Å²) < 4.78 is 0.543. The third-order valence-corrected chi connectivity index (χ3v) is 2.55. The van der Waals surface area contributed by atoms with Crippen molar-refractivity contribution in [2.75, 3.05) is 0 Å². The first kappa shape index (κ1) is 9.08. The number of carboxylic acids is 1. The van der Waals surface area contributed by atoms with Crippen molar-refractivity contribution in [3.8, 4) is 5.75 Å². The number of aromatic amines is 1. The summed E-state index contributed by atoms with van der Waals surface area (Å²) >= 11 is 3.15. The van der Waals surface area contributed by atoms with Crippen LogP contribution in [0.15, 0.2) is 22.7 Å². The van der Waals surface area contributed by atoms with E-state index in [-0.39, 0.29) is 11.4 Å². The van der Waals surface area contributed by atoms with E-state index in [1.54, 1.807) is 6.07 Å². The van der Waals surface area contributed by atoms with Gasteiger partial charge in [-0.1, -0.05) is 0 Å². The smallest absolute Gasteiger partial charge is 0.352 e. The van der Waals surface area contributed by atoms with Gasteiger partial charge in [-0.15, -0.1) is 0 Å². The number of aromatic carboxylic acids is 1. The summed E-state index contributed by atoms with van der Waals surface area (Å²) in [6.45, 7) is 0. The quantitative estimate of drug-likeness (QED) is 0.733. The fourth-order valence-corrected chi connectivity index (χ4v) is 1.62.